The Hall–Kier alpha value is -2.70. The molecule has 1 aliphatic rings. The first kappa shape index (κ1) is 15.2. The number of amides is 2. The summed E-state index contributed by atoms with van der Waals surface area (Å²) < 4.78 is 15.0. The number of rotatable bonds is 5. The lowest BCUT2D eigenvalue weighted by molar-refractivity contribution is -0.117. The van der Waals surface area contributed by atoms with Crippen molar-refractivity contribution in [1.82, 2.24) is 15.1 Å². The predicted molar refractivity (Wildman–Crippen MR) is 82.1 cm³/mol. The molecule has 1 heterocycles. The minimum absolute atomic E-state index is 0.0497. The Morgan fingerprint density at radius 1 is 1.35 bits per heavy atom. The highest BCUT2D eigenvalue weighted by Crippen LogP contribution is 2.30. The molecule has 0 bridgehead atoms. The highest BCUT2D eigenvalue weighted by Gasteiger charge is 2.30. The van der Waals surface area contributed by atoms with Crippen LogP contribution < -0.4 is 10.6 Å². The van der Waals surface area contributed by atoms with Crippen LogP contribution in [0.3, 0.4) is 0 Å². The molecule has 6 nitrogen and oxygen atoms in total. The van der Waals surface area contributed by atoms with Gasteiger partial charge in [0.2, 0.25) is 5.91 Å². The molecule has 1 fully saturated rings. The summed E-state index contributed by atoms with van der Waals surface area (Å²) in [6.45, 7) is 0.0752. The lowest BCUT2D eigenvalue weighted by Gasteiger charge is -2.04. The van der Waals surface area contributed by atoms with Crippen LogP contribution in [0.25, 0.3) is 0 Å². The monoisotopic (exact) mass is 316 g/mol. The van der Waals surface area contributed by atoms with Crippen LogP contribution in [0, 0.1) is 11.7 Å². The van der Waals surface area contributed by atoms with E-state index in [4.69, 9.17) is 0 Å². The number of anilines is 1. The summed E-state index contributed by atoms with van der Waals surface area (Å²) in [5.41, 5.74) is 0.578. The number of aromatic nitrogens is 2. The first-order valence-electron chi connectivity index (χ1n) is 7.41. The van der Waals surface area contributed by atoms with Crippen LogP contribution in [0.4, 0.5) is 10.2 Å². The Kier molecular flexibility index (Phi) is 4.10. The summed E-state index contributed by atoms with van der Waals surface area (Å²) in [6, 6.07) is 7.76. The van der Waals surface area contributed by atoms with E-state index in [-0.39, 0.29) is 29.9 Å². The Morgan fingerprint density at radius 3 is 2.78 bits per heavy atom. The van der Waals surface area contributed by atoms with Crippen molar-refractivity contribution < 1.29 is 14.0 Å². The number of benzene rings is 1. The van der Waals surface area contributed by atoms with Gasteiger partial charge < -0.3 is 10.6 Å². The molecule has 7 heteroatoms. The van der Waals surface area contributed by atoms with Gasteiger partial charge in [-0.1, -0.05) is 18.2 Å². The molecule has 2 N–H and O–H groups in total. The second-order valence-corrected chi connectivity index (χ2v) is 5.58. The molecule has 0 radical (unpaired) electrons. The lowest BCUT2D eigenvalue weighted by Crippen LogP contribution is -2.23. The van der Waals surface area contributed by atoms with Gasteiger partial charge in [0, 0.05) is 31.1 Å². The van der Waals surface area contributed by atoms with Crippen LogP contribution in [0.2, 0.25) is 0 Å². The molecular weight excluding hydrogens is 299 g/mol. The number of aryl methyl sites for hydroxylation is 1. The highest BCUT2D eigenvalue weighted by atomic mass is 19.1. The SMILES string of the molecule is Cn1nc(C(=O)NCc2ccccc2F)cc1NC(=O)C1CC1. The van der Waals surface area contributed by atoms with Gasteiger partial charge in [-0.05, 0) is 18.9 Å². The third-order valence-corrected chi connectivity index (χ3v) is 3.71. The van der Waals surface area contributed by atoms with E-state index >= 15 is 0 Å². The van der Waals surface area contributed by atoms with Crippen molar-refractivity contribution in [1.29, 1.82) is 0 Å². The molecule has 2 amide bonds. The van der Waals surface area contributed by atoms with E-state index in [2.05, 4.69) is 15.7 Å². The van der Waals surface area contributed by atoms with Crippen molar-refractivity contribution in [2.45, 2.75) is 19.4 Å². The summed E-state index contributed by atoms with van der Waals surface area (Å²) in [6.07, 6.45) is 1.80. The van der Waals surface area contributed by atoms with Gasteiger partial charge in [0.15, 0.2) is 5.69 Å². The Labute approximate surface area is 132 Å². The Morgan fingerprint density at radius 2 is 2.09 bits per heavy atom. The van der Waals surface area contributed by atoms with Crippen LogP contribution in [0.5, 0.6) is 0 Å². The standard InChI is InChI=1S/C16H17FN4O2/c1-21-14(19-15(22)10-6-7-10)8-13(20-21)16(23)18-9-11-4-2-3-5-12(11)17/h2-5,8,10H,6-7,9H2,1H3,(H,18,23)(H,19,22). The van der Waals surface area contributed by atoms with Crippen molar-refractivity contribution in [2.75, 3.05) is 5.32 Å². The van der Waals surface area contributed by atoms with Crippen molar-refractivity contribution >= 4 is 17.6 Å². The fraction of sp³-hybridized carbons (Fsp3) is 0.312. The fourth-order valence-electron chi connectivity index (χ4n) is 2.18. The molecule has 2 aromatic rings. The second-order valence-electron chi connectivity index (χ2n) is 5.58. The fourth-order valence-corrected chi connectivity index (χ4v) is 2.18. The van der Waals surface area contributed by atoms with Gasteiger partial charge in [0.05, 0.1) is 0 Å². The molecule has 1 aromatic carbocycles. The van der Waals surface area contributed by atoms with E-state index in [1.165, 1.54) is 16.8 Å². The number of halogens is 1. The van der Waals surface area contributed by atoms with E-state index in [1.54, 1.807) is 25.2 Å². The zero-order chi connectivity index (χ0) is 16.4. The third kappa shape index (κ3) is 3.56. The maximum absolute atomic E-state index is 13.5. The van der Waals surface area contributed by atoms with Gasteiger partial charge in [-0.2, -0.15) is 5.10 Å². The Bertz CT molecular complexity index is 752. The van der Waals surface area contributed by atoms with Gasteiger partial charge >= 0.3 is 0 Å². The molecule has 0 spiro atoms. The summed E-state index contributed by atoms with van der Waals surface area (Å²) in [4.78, 5) is 23.9. The average Bonchev–Trinajstić information content (AvgIpc) is 3.32. The molecule has 0 saturated heterocycles. The summed E-state index contributed by atoms with van der Waals surface area (Å²) in [5.74, 6) is -0.297. The topological polar surface area (TPSA) is 76.0 Å². The van der Waals surface area contributed by atoms with Gasteiger partial charge in [-0.3, -0.25) is 14.3 Å². The van der Waals surface area contributed by atoms with Crippen LogP contribution >= 0.6 is 0 Å². The quantitative estimate of drug-likeness (QED) is 0.884. The zero-order valence-corrected chi connectivity index (χ0v) is 12.7. The molecule has 1 aliphatic carbocycles. The lowest BCUT2D eigenvalue weighted by atomic mass is 10.2. The highest BCUT2D eigenvalue weighted by molar-refractivity contribution is 5.96. The van der Waals surface area contributed by atoms with Crippen molar-refractivity contribution in [2.24, 2.45) is 13.0 Å². The number of carbonyl (C=O) groups excluding carboxylic acids is 2. The second kappa shape index (κ2) is 6.20. The number of hydrogen-bond donors (Lipinski definition) is 2. The summed E-state index contributed by atoms with van der Waals surface area (Å²) >= 11 is 0. The summed E-state index contributed by atoms with van der Waals surface area (Å²) in [7, 11) is 1.65. The normalized spacial score (nSPS) is 13.7. The average molecular weight is 316 g/mol. The van der Waals surface area contributed by atoms with Crippen LogP contribution in [-0.4, -0.2) is 21.6 Å². The van der Waals surface area contributed by atoms with Crippen LogP contribution in [0.15, 0.2) is 30.3 Å². The van der Waals surface area contributed by atoms with Crippen molar-refractivity contribution in [3.63, 3.8) is 0 Å². The van der Waals surface area contributed by atoms with E-state index in [9.17, 15) is 14.0 Å². The first-order valence-corrected chi connectivity index (χ1v) is 7.41. The van der Waals surface area contributed by atoms with Gasteiger partial charge in [-0.15, -0.1) is 0 Å². The molecular formula is C16H17FN4O2. The molecule has 0 aliphatic heterocycles. The molecule has 0 atom stereocenters. The molecule has 120 valence electrons. The maximum atomic E-state index is 13.5. The smallest absolute Gasteiger partial charge is 0.272 e. The van der Waals surface area contributed by atoms with Crippen LogP contribution in [0.1, 0.15) is 28.9 Å². The Balaban J connectivity index is 1.63. The molecule has 23 heavy (non-hydrogen) atoms. The van der Waals surface area contributed by atoms with Gasteiger partial charge in [0.25, 0.3) is 5.91 Å². The minimum Gasteiger partial charge on any atom is -0.346 e. The van der Waals surface area contributed by atoms with E-state index in [1.807, 2.05) is 0 Å². The van der Waals surface area contributed by atoms with Crippen molar-refractivity contribution in [3.8, 4) is 0 Å². The molecule has 3 rings (SSSR count). The predicted octanol–water partition coefficient (Wildman–Crippen LogP) is 1.84. The number of nitrogens with one attached hydrogen (secondary N) is 2. The number of carbonyl (C=O) groups is 2. The summed E-state index contributed by atoms with van der Waals surface area (Å²) in [5, 5.41) is 9.44. The minimum atomic E-state index is -0.421. The van der Waals surface area contributed by atoms with E-state index in [0.717, 1.165) is 12.8 Å². The molecule has 1 aromatic heterocycles. The maximum Gasteiger partial charge on any atom is 0.272 e. The molecule has 1 saturated carbocycles. The molecule has 0 unspecified atom stereocenters. The largest absolute Gasteiger partial charge is 0.346 e. The van der Waals surface area contributed by atoms with E-state index < -0.39 is 5.91 Å². The zero-order valence-electron chi connectivity index (χ0n) is 12.7. The number of hydrogen-bond acceptors (Lipinski definition) is 3. The number of nitrogens with zero attached hydrogens (tertiary/aromatic N) is 2. The first-order chi connectivity index (χ1) is 11.0. The van der Waals surface area contributed by atoms with Gasteiger partial charge in [-0.25, -0.2) is 4.39 Å². The van der Waals surface area contributed by atoms with Gasteiger partial charge in [0.1, 0.15) is 11.6 Å². The third-order valence-electron chi connectivity index (χ3n) is 3.71. The van der Waals surface area contributed by atoms with E-state index in [0.29, 0.717) is 11.4 Å². The van der Waals surface area contributed by atoms with Crippen LogP contribution in [-0.2, 0) is 18.4 Å². The van der Waals surface area contributed by atoms with Crippen molar-refractivity contribution in [3.05, 3.63) is 47.4 Å².